The van der Waals surface area contributed by atoms with Crippen LogP contribution in [0.25, 0.3) is 22.8 Å². The maximum absolute atomic E-state index is 10.8. The highest BCUT2D eigenvalue weighted by Crippen LogP contribution is 2.26. The van der Waals surface area contributed by atoms with Gasteiger partial charge in [0.15, 0.2) is 0 Å². The molecule has 28 heavy (non-hydrogen) atoms. The van der Waals surface area contributed by atoms with Gasteiger partial charge in [-0.3, -0.25) is 4.79 Å². The van der Waals surface area contributed by atoms with Crippen molar-refractivity contribution in [2.45, 2.75) is 26.4 Å². The second kappa shape index (κ2) is 9.14. The van der Waals surface area contributed by atoms with Crippen LogP contribution in [0, 0.1) is 6.92 Å². The molecule has 1 amide bonds. The number of nitrogens with two attached hydrogens (primary N) is 1. The molecule has 7 heteroatoms. The third kappa shape index (κ3) is 4.95. The van der Waals surface area contributed by atoms with Gasteiger partial charge in [-0.05, 0) is 48.7 Å². The highest BCUT2D eigenvalue weighted by molar-refractivity contribution is 5.73. The molecule has 0 unspecified atom stereocenters. The van der Waals surface area contributed by atoms with Gasteiger partial charge in [0.2, 0.25) is 11.7 Å². The Kier molecular flexibility index (Phi) is 6.39. The fourth-order valence-electron chi connectivity index (χ4n) is 2.73. The summed E-state index contributed by atoms with van der Waals surface area (Å²) in [4.78, 5) is 15.3. The van der Waals surface area contributed by atoms with E-state index < -0.39 is 0 Å². The van der Waals surface area contributed by atoms with Crippen LogP contribution in [0.1, 0.15) is 24.0 Å². The van der Waals surface area contributed by atoms with E-state index in [1.807, 2.05) is 49.4 Å². The first-order valence-corrected chi connectivity index (χ1v) is 9.01. The Morgan fingerprint density at radius 1 is 1.18 bits per heavy atom. The molecule has 1 heterocycles. The number of benzene rings is 2. The Balaban J connectivity index is 1.74. The minimum absolute atomic E-state index is 0.301. The minimum Gasteiger partial charge on any atom is -0.494 e. The molecule has 7 nitrogen and oxygen atoms in total. The van der Waals surface area contributed by atoms with Crippen molar-refractivity contribution in [2.75, 3.05) is 13.7 Å². The lowest BCUT2D eigenvalue weighted by Crippen LogP contribution is -2.11. The van der Waals surface area contributed by atoms with Gasteiger partial charge in [-0.25, -0.2) is 0 Å². The van der Waals surface area contributed by atoms with Gasteiger partial charge in [-0.2, -0.15) is 4.98 Å². The number of hydrogen-bond acceptors (Lipinski definition) is 6. The van der Waals surface area contributed by atoms with Gasteiger partial charge in [0, 0.05) is 24.7 Å². The maximum Gasteiger partial charge on any atom is 0.258 e. The zero-order valence-corrected chi connectivity index (χ0v) is 16.0. The summed E-state index contributed by atoms with van der Waals surface area (Å²) in [6.45, 7) is 2.97. The maximum atomic E-state index is 10.8. The Bertz CT molecular complexity index is 952. The van der Waals surface area contributed by atoms with Crippen LogP contribution in [0.3, 0.4) is 0 Å². The molecular weight excluding hydrogens is 358 g/mol. The molecule has 146 valence electrons. The number of carbonyl (C=O) groups excluding carboxylic acids is 1. The van der Waals surface area contributed by atoms with Crippen LogP contribution < -0.4 is 10.5 Å². The van der Waals surface area contributed by atoms with Crippen molar-refractivity contribution in [3.63, 3.8) is 0 Å². The Morgan fingerprint density at radius 2 is 2.04 bits per heavy atom. The molecule has 0 aliphatic heterocycles. The average molecular weight is 381 g/mol. The molecule has 0 spiro atoms. The van der Waals surface area contributed by atoms with E-state index >= 15 is 0 Å². The minimum atomic E-state index is -0.332. The molecule has 0 bridgehead atoms. The first kappa shape index (κ1) is 19.6. The standard InChI is InChI=1S/C21H23N3O4/c1-14-8-9-16(11-17(14)13-26-2)21-23-20(24-28-21)15-5-3-6-18(12-15)27-10-4-7-19(22)25/h3,5-6,8-9,11-12H,4,7,10,13H2,1-2H3,(H2,22,25). The number of ether oxygens (including phenoxy) is 2. The van der Waals surface area contributed by atoms with Gasteiger partial charge < -0.3 is 19.7 Å². The van der Waals surface area contributed by atoms with E-state index in [2.05, 4.69) is 10.1 Å². The highest BCUT2D eigenvalue weighted by Gasteiger charge is 2.12. The molecule has 0 saturated carbocycles. The molecule has 0 radical (unpaired) electrons. The summed E-state index contributed by atoms with van der Waals surface area (Å²) < 4.78 is 16.3. The molecule has 3 aromatic rings. The van der Waals surface area contributed by atoms with E-state index in [0.29, 0.717) is 43.5 Å². The van der Waals surface area contributed by atoms with Crippen molar-refractivity contribution in [2.24, 2.45) is 5.73 Å². The lowest BCUT2D eigenvalue weighted by atomic mass is 10.1. The molecule has 2 aromatic carbocycles. The summed E-state index contributed by atoms with van der Waals surface area (Å²) in [5.74, 6) is 1.26. The third-order valence-corrected chi connectivity index (χ3v) is 4.25. The van der Waals surface area contributed by atoms with Crippen LogP contribution in [-0.2, 0) is 16.1 Å². The smallest absolute Gasteiger partial charge is 0.258 e. The lowest BCUT2D eigenvalue weighted by Gasteiger charge is -2.06. The molecule has 0 aliphatic rings. The van der Waals surface area contributed by atoms with Gasteiger partial charge in [0.1, 0.15) is 5.75 Å². The van der Waals surface area contributed by atoms with E-state index in [0.717, 1.165) is 22.3 Å². The molecule has 1 aromatic heterocycles. The molecule has 2 N–H and O–H groups in total. The Hall–Kier alpha value is -3.19. The number of aryl methyl sites for hydroxylation is 1. The van der Waals surface area contributed by atoms with E-state index in [1.54, 1.807) is 7.11 Å². The third-order valence-electron chi connectivity index (χ3n) is 4.25. The van der Waals surface area contributed by atoms with E-state index in [4.69, 9.17) is 19.7 Å². The molecule has 0 fully saturated rings. The summed E-state index contributed by atoms with van der Waals surface area (Å²) >= 11 is 0. The predicted molar refractivity (Wildman–Crippen MR) is 105 cm³/mol. The normalized spacial score (nSPS) is 10.8. The second-order valence-corrected chi connectivity index (χ2v) is 6.44. The SMILES string of the molecule is COCc1cc(-c2nc(-c3cccc(OCCCC(N)=O)c3)no2)ccc1C. The molecule has 0 atom stereocenters. The zero-order valence-electron chi connectivity index (χ0n) is 16.0. The summed E-state index contributed by atoms with van der Waals surface area (Å²) in [6, 6.07) is 13.4. The number of hydrogen-bond donors (Lipinski definition) is 1. The van der Waals surface area contributed by atoms with Gasteiger partial charge in [-0.1, -0.05) is 23.4 Å². The predicted octanol–water partition coefficient (Wildman–Crippen LogP) is 3.50. The number of amides is 1. The number of carbonyl (C=O) groups is 1. The zero-order chi connectivity index (χ0) is 19.9. The van der Waals surface area contributed by atoms with Crippen LogP contribution >= 0.6 is 0 Å². The van der Waals surface area contributed by atoms with Crippen LogP contribution in [0.5, 0.6) is 5.75 Å². The number of rotatable bonds is 9. The molecular formula is C21H23N3O4. The number of aromatic nitrogens is 2. The van der Waals surface area contributed by atoms with Crippen LogP contribution in [0.15, 0.2) is 47.0 Å². The van der Waals surface area contributed by atoms with Crippen LogP contribution in [-0.4, -0.2) is 29.8 Å². The number of primary amides is 1. The fourth-order valence-corrected chi connectivity index (χ4v) is 2.73. The topological polar surface area (TPSA) is 100 Å². The number of methoxy groups -OCH3 is 1. The fraction of sp³-hybridized carbons (Fsp3) is 0.286. The van der Waals surface area contributed by atoms with Gasteiger partial charge >= 0.3 is 0 Å². The lowest BCUT2D eigenvalue weighted by molar-refractivity contribution is -0.118. The van der Waals surface area contributed by atoms with Crippen molar-refractivity contribution in [3.05, 3.63) is 53.6 Å². The Labute approximate surface area is 163 Å². The van der Waals surface area contributed by atoms with Crippen LogP contribution in [0.4, 0.5) is 0 Å². The monoisotopic (exact) mass is 381 g/mol. The first-order valence-electron chi connectivity index (χ1n) is 9.01. The van der Waals surface area contributed by atoms with Gasteiger partial charge in [0.25, 0.3) is 5.89 Å². The molecule has 3 rings (SSSR count). The van der Waals surface area contributed by atoms with Crippen LogP contribution in [0.2, 0.25) is 0 Å². The van der Waals surface area contributed by atoms with E-state index in [9.17, 15) is 4.79 Å². The number of nitrogens with zero attached hydrogens (tertiary/aromatic N) is 2. The first-order chi connectivity index (χ1) is 13.6. The van der Waals surface area contributed by atoms with Crippen molar-refractivity contribution in [3.8, 4) is 28.6 Å². The Morgan fingerprint density at radius 3 is 2.82 bits per heavy atom. The summed E-state index contributed by atoms with van der Waals surface area (Å²) in [6.07, 6.45) is 0.874. The second-order valence-electron chi connectivity index (χ2n) is 6.44. The average Bonchev–Trinajstić information content (AvgIpc) is 3.17. The summed E-state index contributed by atoms with van der Waals surface area (Å²) in [5, 5.41) is 4.09. The summed E-state index contributed by atoms with van der Waals surface area (Å²) in [5.41, 5.74) is 8.98. The molecule has 0 aliphatic carbocycles. The van der Waals surface area contributed by atoms with Gasteiger partial charge in [0.05, 0.1) is 13.2 Å². The van der Waals surface area contributed by atoms with E-state index in [1.165, 1.54) is 0 Å². The highest BCUT2D eigenvalue weighted by atomic mass is 16.5. The van der Waals surface area contributed by atoms with Crippen molar-refractivity contribution in [1.82, 2.24) is 10.1 Å². The quantitative estimate of drug-likeness (QED) is 0.569. The van der Waals surface area contributed by atoms with Crippen molar-refractivity contribution in [1.29, 1.82) is 0 Å². The van der Waals surface area contributed by atoms with Crippen molar-refractivity contribution >= 4 is 5.91 Å². The molecule has 0 saturated heterocycles. The summed E-state index contributed by atoms with van der Waals surface area (Å²) in [7, 11) is 1.67. The van der Waals surface area contributed by atoms with Crippen molar-refractivity contribution < 1.29 is 18.8 Å². The largest absolute Gasteiger partial charge is 0.494 e. The van der Waals surface area contributed by atoms with Gasteiger partial charge in [-0.15, -0.1) is 0 Å². The van der Waals surface area contributed by atoms with E-state index in [-0.39, 0.29) is 5.91 Å².